The highest BCUT2D eigenvalue weighted by atomic mass is 16.7. The Labute approximate surface area is 281 Å². The molecule has 48 heavy (non-hydrogen) atoms. The number of Topliss-reactive ketones (excluding diaryl/α,β-unsaturated/α-hetero) is 2. The lowest BCUT2D eigenvalue weighted by Crippen LogP contribution is -2.19. The third kappa shape index (κ3) is 10.4. The van der Waals surface area contributed by atoms with Crippen LogP contribution in [0.25, 0.3) is 6.08 Å². The van der Waals surface area contributed by atoms with Gasteiger partial charge in [-0.3, -0.25) is 9.59 Å². The Kier molecular flexibility index (Phi) is 13.7. The number of rotatable bonds is 15. The van der Waals surface area contributed by atoms with E-state index in [4.69, 9.17) is 23.7 Å². The zero-order chi connectivity index (χ0) is 35.2. The largest absolute Gasteiger partial charge is 0.497 e. The maximum Gasteiger partial charge on any atom is 0.347 e. The second kappa shape index (κ2) is 17.9. The van der Waals surface area contributed by atoms with Crippen LogP contribution in [0.15, 0.2) is 96.1 Å². The molecule has 0 saturated carbocycles. The van der Waals surface area contributed by atoms with Crippen LogP contribution in [0, 0.1) is 20.8 Å². The van der Waals surface area contributed by atoms with Crippen molar-refractivity contribution in [2.24, 2.45) is 0 Å². The summed E-state index contributed by atoms with van der Waals surface area (Å²) in [5, 5.41) is 0. The Morgan fingerprint density at radius 2 is 1.48 bits per heavy atom. The summed E-state index contributed by atoms with van der Waals surface area (Å²) < 4.78 is 26.1. The van der Waals surface area contributed by atoms with Crippen LogP contribution in [0.4, 0.5) is 0 Å². The summed E-state index contributed by atoms with van der Waals surface area (Å²) in [6.45, 7) is 8.61. The number of methoxy groups -OCH3 is 2. The van der Waals surface area contributed by atoms with Crippen molar-refractivity contribution in [3.8, 4) is 17.2 Å². The molecule has 9 heteroatoms. The fourth-order valence-corrected chi connectivity index (χ4v) is 4.54. The van der Waals surface area contributed by atoms with E-state index in [9.17, 15) is 19.2 Å². The lowest BCUT2D eigenvalue weighted by atomic mass is 9.96. The number of hydrogen-bond donors (Lipinski definition) is 0. The molecule has 0 aliphatic carbocycles. The summed E-state index contributed by atoms with van der Waals surface area (Å²) >= 11 is 0. The monoisotopic (exact) mass is 652 g/mol. The zero-order valence-electron chi connectivity index (χ0n) is 28.2. The summed E-state index contributed by atoms with van der Waals surface area (Å²) in [7, 11) is 3.10. The quantitative estimate of drug-likeness (QED) is 0.0417. The number of benzene rings is 3. The first-order valence-electron chi connectivity index (χ1n) is 15.1. The van der Waals surface area contributed by atoms with E-state index < -0.39 is 36.9 Å². The Balaban J connectivity index is 1.50. The van der Waals surface area contributed by atoms with E-state index in [0.717, 1.165) is 33.6 Å². The van der Waals surface area contributed by atoms with E-state index >= 15 is 0 Å². The summed E-state index contributed by atoms with van der Waals surface area (Å²) in [5.41, 5.74) is 6.35. The van der Waals surface area contributed by atoms with Crippen molar-refractivity contribution in [2.75, 3.05) is 27.6 Å². The van der Waals surface area contributed by atoms with Crippen LogP contribution in [-0.4, -0.2) is 51.1 Å². The smallest absolute Gasteiger partial charge is 0.347 e. The van der Waals surface area contributed by atoms with E-state index in [-0.39, 0.29) is 16.9 Å². The normalized spacial score (nSPS) is 11.8. The van der Waals surface area contributed by atoms with Gasteiger partial charge in [-0.05, 0) is 80.6 Å². The average molecular weight is 653 g/mol. The molecule has 0 spiro atoms. The number of allylic oxidation sites excluding steroid dienone is 6. The highest BCUT2D eigenvalue weighted by molar-refractivity contribution is 6.49. The first-order chi connectivity index (χ1) is 22.9. The Morgan fingerprint density at radius 3 is 2.17 bits per heavy atom. The van der Waals surface area contributed by atoms with Gasteiger partial charge in [-0.1, -0.05) is 66.3 Å². The molecule has 0 N–H and O–H groups in total. The van der Waals surface area contributed by atoms with Gasteiger partial charge in [0.05, 0.1) is 19.8 Å². The molecular formula is C39H40O9. The molecule has 0 fully saturated rings. The molecule has 0 aromatic heterocycles. The van der Waals surface area contributed by atoms with Crippen molar-refractivity contribution in [1.82, 2.24) is 0 Å². The van der Waals surface area contributed by atoms with Crippen LogP contribution in [0.3, 0.4) is 0 Å². The lowest BCUT2D eigenvalue weighted by Gasteiger charge is -2.13. The molecule has 9 nitrogen and oxygen atoms in total. The summed E-state index contributed by atoms with van der Waals surface area (Å²) in [5.74, 6) is -1.90. The second-order valence-corrected chi connectivity index (χ2v) is 10.8. The maximum atomic E-state index is 12.9. The molecule has 0 saturated heterocycles. The first-order valence-corrected chi connectivity index (χ1v) is 15.1. The van der Waals surface area contributed by atoms with Crippen LogP contribution >= 0.6 is 0 Å². The molecule has 250 valence electrons. The fraction of sp³-hybridized carbons (Fsp3) is 0.231. The minimum atomic E-state index is -0.871. The van der Waals surface area contributed by atoms with Crippen LogP contribution in [0.5, 0.6) is 17.2 Å². The van der Waals surface area contributed by atoms with E-state index in [1.807, 2.05) is 45.1 Å². The molecule has 0 aliphatic heterocycles. The van der Waals surface area contributed by atoms with Gasteiger partial charge < -0.3 is 23.7 Å². The number of carbonyl (C=O) groups is 4. The fourth-order valence-electron chi connectivity index (χ4n) is 4.54. The maximum absolute atomic E-state index is 12.9. The van der Waals surface area contributed by atoms with Crippen molar-refractivity contribution >= 4 is 29.6 Å². The predicted molar refractivity (Wildman–Crippen MR) is 184 cm³/mol. The van der Waals surface area contributed by atoms with Gasteiger partial charge in [0.25, 0.3) is 0 Å². The van der Waals surface area contributed by atoms with E-state index in [1.54, 1.807) is 38.3 Å². The number of ether oxygens (including phenoxy) is 5. The van der Waals surface area contributed by atoms with Crippen molar-refractivity contribution in [3.05, 3.63) is 130 Å². The highest BCUT2D eigenvalue weighted by Gasteiger charge is 2.23. The van der Waals surface area contributed by atoms with Gasteiger partial charge in [0.2, 0.25) is 18.4 Å². The topological polar surface area (TPSA) is 114 Å². The number of ketones is 2. The molecule has 3 rings (SSSR count). The van der Waals surface area contributed by atoms with Gasteiger partial charge in [-0.2, -0.15) is 0 Å². The Bertz CT molecular complexity index is 1780. The Morgan fingerprint density at radius 1 is 0.750 bits per heavy atom. The summed E-state index contributed by atoms with van der Waals surface area (Å²) in [6, 6.07) is 14.4. The molecule has 3 aromatic carbocycles. The molecule has 0 aliphatic rings. The molecule has 0 amide bonds. The second-order valence-electron chi connectivity index (χ2n) is 10.8. The van der Waals surface area contributed by atoms with Gasteiger partial charge in [0, 0.05) is 17.7 Å². The van der Waals surface area contributed by atoms with Gasteiger partial charge in [0.15, 0.2) is 6.61 Å². The number of aryl methyl sites for hydroxylation is 1. The van der Waals surface area contributed by atoms with Crippen molar-refractivity contribution < 1.29 is 42.9 Å². The van der Waals surface area contributed by atoms with Crippen molar-refractivity contribution in [3.63, 3.8) is 0 Å². The van der Waals surface area contributed by atoms with Crippen LogP contribution in [0.1, 0.15) is 56.8 Å². The minimum Gasteiger partial charge on any atom is -0.497 e. The molecule has 0 unspecified atom stereocenters. The molecule has 0 heterocycles. The van der Waals surface area contributed by atoms with Gasteiger partial charge in [-0.15, -0.1) is 0 Å². The van der Waals surface area contributed by atoms with Gasteiger partial charge >= 0.3 is 11.9 Å². The molecule has 0 radical (unpaired) electrons. The minimum absolute atomic E-state index is 0.0143. The summed E-state index contributed by atoms with van der Waals surface area (Å²) in [6.07, 6.45) is 10.8. The third-order valence-corrected chi connectivity index (χ3v) is 7.35. The summed E-state index contributed by atoms with van der Waals surface area (Å²) in [4.78, 5) is 50.0. The predicted octanol–water partition coefficient (Wildman–Crippen LogP) is 7.28. The van der Waals surface area contributed by atoms with Crippen LogP contribution in [-0.2, 0) is 19.1 Å². The number of hydrogen-bond acceptors (Lipinski definition) is 9. The third-order valence-electron chi connectivity index (χ3n) is 7.35. The molecule has 3 aromatic rings. The molecule has 0 atom stereocenters. The average Bonchev–Trinajstić information content (AvgIpc) is 3.08. The molecule has 0 bridgehead atoms. The highest BCUT2D eigenvalue weighted by Crippen LogP contribution is 2.29. The van der Waals surface area contributed by atoms with E-state index in [2.05, 4.69) is 13.0 Å². The number of esters is 2. The van der Waals surface area contributed by atoms with Crippen LogP contribution < -0.4 is 14.2 Å². The standard InChI is InChI=1S/C39H40O9/c1-25(16-18-32-27(3)21-34(45-7)29(5)28(32)4)12-11-13-26(2)20-36(40)46-23-37(41)48-24-47-35-22-31(44-6)17-19-33(35)39(43)38(42)30-14-9-8-10-15-30/h8-22H,23-24H2,1-7H3. The lowest BCUT2D eigenvalue weighted by molar-refractivity contribution is -0.161. The van der Waals surface area contributed by atoms with E-state index in [1.165, 1.54) is 43.5 Å². The van der Waals surface area contributed by atoms with Gasteiger partial charge in [-0.25, -0.2) is 9.59 Å². The van der Waals surface area contributed by atoms with Crippen LogP contribution in [0.2, 0.25) is 0 Å². The van der Waals surface area contributed by atoms with E-state index in [0.29, 0.717) is 11.3 Å². The first kappa shape index (κ1) is 36.8. The number of carbonyl (C=O) groups excluding carboxylic acids is 4. The van der Waals surface area contributed by atoms with Crippen molar-refractivity contribution in [2.45, 2.75) is 34.6 Å². The van der Waals surface area contributed by atoms with Gasteiger partial charge in [0.1, 0.15) is 17.2 Å². The SMILES string of the molecule is COc1ccc(C(=O)C(=O)c2ccccc2)c(OCOC(=O)COC(=O)C=C(C)C=CC=C(C)C=Cc2c(C)cc(OC)c(C)c2C)c1. The Hall–Kier alpha value is -5.70. The molecular weight excluding hydrogens is 612 g/mol. The zero-order valence-corrected chi connectivity index (χ0v) is 28.2. The van der Waals surface area contributed by atoms with Crippen molar-refractivity contribution in [1.29, 1.82) is 0 Å².